The van der Waals surface area contributed by atoms with Crippen LogP contribution in [-0.2, 0) is 29.1 Å². The van der Waals surface area contributed by atoms with Crippen LogP contribution in [0.4, 0.5) is 0 Å². The Morgan fingerprint density at radius 1 is 1.23 bits per heavy atom. The number of nitrogens with zero attached hydrogens (tertiary/aromatic N) is 3. The molecule has 1 amide bonds. The van der Waals surface area contributed by atoms with Crippen molar-refractivity contribution in [3.63, 3.8) is 0 Å². The van der Waals surface area contributed by atoms with Crippen molar-refractivity contribution in [3.8, 4) is 11.3 Å². The van der Waals surface area contributed by atoms with Crippen LogP contribution < -0.4 is 9.44 Å². The van der Waals surface area contributed by atoms with Gasteiger partial charge in [0.2, 0.25) is 0 Å². The Kier molecular flexibility index (Phi) is 6.42. The molecular weight excluding hydrogens is 402 g/mol. The summed E-state index contributed by atoms with van der Waals surface area (Å²) in [6, 6.07) is 8.05. The lowest BCUT2D eigenvalue weighted by Gasteiger charge is -2.06. The highest BCUT2D eigenvalue weighted by Crippen LogP contribution is 2.33. The topological polar surface area (TPSA) is 98.0 Å². The highest BCUT2D eigenvalue weighted by Gasteiger charge is 2.18. The van der Waals surface area contributed by atoms with Crippen molar-refractivity contribution in [2.45, 2.75) is 26.7 Å². The van der Waals surface area contributed by atoms with E-state index in [1.54, 1.807) is 10.8 Å². The number of rotatable bonds is 8. The number of para-hydroxylation sites is 1. The second-order valence-electron chi connectivity index (χ2n) is 7.19. The zero-order valence-electron chi connectivity index (χ0n) is 17.6. The molecule has 0 bridgehead atoms. The van der Waals surface area contributed by atoms with Crippen LogP contribution in [0.3, 0.4) is 0 Å². The number of aryl methyl sites for hydroxylation is 3. The summed E-state index contributed by atoms with van der Waals surface area (Å²) in [5, 5.41) is 5.57. The number of nitrogens with one attached hydrogen (secondary N) is 2. The van der Waals surface area contributed by atoms with E-state index in [2.05, 4.69) is 9.82 Å². The molecule has 0 saturated heterocycles. The fraction of sp³-hybridized carbons (Fsp3) is 0.333. The molecule has 2 heterocycles. The third-order valence-corrected chi connectivity index (χ3v) is 5.93. The minimum atomic E-state index is -3.88. The molecule has 0 aliphatic rings. The molecule has 0 spiro atoms. The van der Waals surface area contributed by atoms with Crippen molar-refractivity contribution < 1.29 is 13.2 Å². The highest BCUT2D eigenvalue weighted by molar-refractivity contribution is 7.88. The molecule has 0 saturated carbocycles. The Balaban J connectivity index is 1.90. The Bertz CT molecular complexity index is 1200. The minimum absolute atomic E-state index is 0.287. The van der Waals surface area contributed by atoms with Crippen molar-refractivity contribution >= 4 is 33.1 Å². The number of aromatic nitrogens is 3. The molecule has 0 unspecified atom stereocenters. The van der Waals surface area contributed by atoms with Gasteiger partial charge in [-0.25, -0.2) is 4.72 Å². The van der Waals surface area contributed by atoms with Gasteiger partial charge < -0.3 is 4.57 Å². The SMILES string of the molecule is CCCCNS(=O)(=O)NC(=O)C=Cc1c(C)nn(C)c1-c1cn(C)c2ccccc12. The zero-order chi connectivity index (χ0) is 21.9. The molecule has 0 aliphatic heterocycles. The van der Waals surface area contributed by atoms with Gasteiger partial charge in [-0.1, -0.05) is 31.5 Å². The van der Waals surface area contributed by atoms with Gasteiger partial charge >= 0.3 is 10.2 Å². The largest absolute Gasteiger partial charge is 0.350 e. The normalized spacial score (nSPS) is 12.1. The second-order valence-corrected chi connectivity index (χ2v) is 8.69. The fourth-order valence-corrected chi connectivity index (χ4v) is 4.29. The first-order chi connectivity index (χ1) is 14.2. The van der Waals surface area contributed by atoms with Crippen LogP contribution >= 0.6 is 0 Å². The molecule has 3 aromatic rings. The Hall–Kier alpha value is -2.91. The monoisotopic (exact) mass is 429 g/mol. The average molecular weight is 430 g/mol. The first kappa shape index (κ1) is 21.8. The number of carbonyl (C=O) groups is 1. The second kappa shape index (κ2) is 8.85. The Morgan fingerprint density at radius 2 is 1.97 bits per heavy atom. The van der Waals surface area contributed by atoms with E-state index in [9.17, 15) is 13.2 Å². The van der Waals surface area contributed by atoms with Gasteiger partial charge in [-0.3, -0.25) is 9.48 Å². The average Bonchev–Trinajstić information content (AvgIpc) is 3.15. The quantitative estimate of drug-likeness (QED) is 0.425. The lowest BCUT2D eigenvalue weighted by Crippen LogP contribution is -2.39. The van der Waals surface area contributed by atoms with Gasteiger partial charge in [0.25, 0.3) is 5.91 Å². The lowest BCUT2D eigenvalue weighted by atomic mass is 10.0. The molecule has 2 N–H and O–H groups in total. The molecular formula is C21H27N5O3S. The van der Waals surface area contributed by atoms with Crippen LogP contribution in [0.1, 0.15) is 31.0 Å². The number of fused-ring (bicyclic) bond motifs is 1. The summed E-state index contributed by atoms with van der Waals surface area (Å²) in [5.41, 5.74) is 4.44. The third-order valence-electron chi connectivity index (χ3n) is 4.88. The number of carbonyl (C=O) groups excluding carboxylic acids is 1. The number of benzene rings is 1. The van der Waals surface area contributed by atoms with Crippen LogP contribution in [-0.4, -0.2) is 35.2 Å². The highest BCUT2D eigenvalue weighted by atomic mass is 32.2. The summed E-state index contributed by atoms with van der Waals surface area (Å²) in [6.07, 6.45) is 6.41. The first-order valence-electron chi connectivity index (χ1n) is 9.81. The van der Waals surface area contributed by atoms with Gasteiger partial charge in [-0.2, -0.15) is 18.2 Å². The Morgan fingerprint density at radius 3 is 2.70 bits per heavy atom. The standard InChI is InChI=1S/C21H27N5O3S/c1-5-6-13-22-30(28,29)24-20(27)12-11-16-15(2)23-26(4)21(16)18-14-25(3)19-10-8-7-9-17(18)19/h7-12,14,22H,5-6,13H2,1-4H3,(H,24,27). The molecule has 0 atom stereocenters. The molecule has 1 aromatic carbocycles. The molecule has 160 valence electrons. The van der Waals surface area contributed by atoms with Crippen LogP contribution in [0.15, 0.2) is 36.5 Å². The number of amides is 1. The van der Waals surface area contributed by atoms with Gasteiger partial charge in [0.05, 0.1) is 11.4 Å². The van der Waals surface area contributed by atoms with E-state index in [-0.39, 0.29) is 6.54 Å². The van der Waals surface area contributed by atoms with Gasteiger partial charge in [-0.05, 0) is 25.5 Å². The fourth-order valence-electron chi connectivity index (χ4n) is 3.47. The molecule has 2 aromatic heterocycles. The van der Waals surface area contributed by atoms with E-state index in [1.165, 1.54) is 6.08 Å². The van der Waals surface area contributed by atoms with Gasteiger partial charge in [-0.15, -0.1) is 0 Å². The van der Waals surface area contributed by atoms with Gasteiger partial charge in [0, 0.05) is 54.9 Å². The van der Waals surface area contributed by atoms with E-state index >= 15 is 0 Å². The van der Waals surface area contributed by atoms with Crippen LogP contribution in [0.2, 0.25) is 0 Å². The first-order valence-corrected chi connectivity index (χ1v) is 11.3. The summed E-state index contributed by atoms with van der Waals surface area (Å²) in [5.74, 6) is -0.717. The van der Waals surface area contributed by atoms with E-state index in [4.69, 9.17) is 0 Å². The van der Waals surface area contributed by atoms with E-state index in [0.29, 0.717) is 6.42 Å². The predicted octanol–water partition coefficient (Wildman–Crippen LogP) is 2.65. The van der Waals surface area contributed by atoms with E-state index in [1.807, 2.05) is 67.7 Å². The van der Waals surface area contributed by atoms with Crippen LogP contribution in [0.25, 0.3) is 28.2 Å². The zero-order valence-corrected chi connectivity index (χ0v) is 18.5. The summed E-state index contributed by atoms with van der Waals surface area (Å²) in [7, 11) is -0.0437. The molecule has 0 radical (unpaired) electrons. The molecule has 3 rings (SSSR count). The third kappa shape index (κ3) is 4.63. The summed E-state index contributed by atoms with van der Waals surface area (Å²) in [6.45, 7) is 4.10. The maximum absolute atomic E-state index is 12.2. The van der Waals surface area contributed by atoms with Gasteiger partial charge in [0.1, 0.15) is 0 Å². The van der Waals surface area contributed by atoms with Crippen molar-refractivity contribution in [3.05, 3.63) is 47.8 Å². The molecule has 0 aliphatic carbocycles. The number of hydrogen-bond acceptors (Lipinski definition) is 4. The lowest BCUT2D eigenvalue weighted by molar-refractivity contribution is -0.114. The van der Waals surface area contributed by atoms with Crippen LogP contribution in [0, 0.1) is 6.92 Å². The number of hydrogen-bond donors (Lipinski definition) is 2. The predicted molar refractivity (Wildman–Crippen MR) is 119 cm³/mol. The van der Waals surface area contributed by atoms with Gasteiger partial charge in [0.15, 0.2) is 0 Å². The minimum Gasteiger partial charge on any atom is -0.350 e. The van der Waals surface area contributed by atoms with E-state index < -0.39 is 16.1 Å². The van der Waals surface area contributed by atoms with Crippen LogP contribution in [0.5, 0.6) is 0 Å². The summed E-state index contributed by atoms with van der Waals surface area (Å²) >= 11 is 0. The van der Waals surface area contributed by atoms with E-state index in [0.717, 1.165) is 39.8 Å². The maximum atomic E-state index is 12.2. The van der Waals surface area contributed by atoms with Crippen molar-refractivity contribution in [1.82, 2.24) is 23.8 Å². The number of unbranched alkanes of at least 4 members (excludes halogenated alkanes) is 1. The van der Waals surface area contributed by atoms with Crippen molar-refractivity contribution in [2.24, 2.45) is 14.1 Å². The van der Waals surface area contributed by atoms with Crippen molar-refractivity contribution in [1.29, 1.82) is 0 Å². The molecule has 30 heavy (non-hydrogen) atoms. The molecule has 9 heteroatoms. The maximum Gasteiger partial charge on any atom is 0.301 e. The smallest absolute Gasteiger partial charge is 0.301 e. The summed E-state index contributed by atoms with van der Waals surface area (Å²) in [4.78, 5) is 12.2. The Labute approximate surface area is 176 Å². The molecule has 8 nitrogen and oxygen atoms in total. The van der Waals surface area contributed by atoms with Crippen molar-refractivity contribution in [2.75, 3.05) is 6.54 Å². The summed E-state index contributed by atoms with van der Waals surface area (Å²) < 4.78 is 32.1. The molecule has 0 fully saturated rings.